The largest absolute Gasteiger partial charge is 0.472 e. The van der Waals surface area contributed by atoms with Crippen molar-refractivity contribution in [2.24, 2.45) is 5.16 Å². The Morgan fingerprint density at radius 3 is 2.93 bits per heavy atom. The Labute approximate surface area is 158 Å². The van der Waals surface area contributed by atoms with Crippen molar-refractivity contribution < 1.29 is 14.4 Å². The Morgan fingerprint density at radius 1 is 1.41 bits per heavy atom. The molecule has 0 saturated heterocycles. The van der Waals surface area contributed by atoms with Crippen LogP contribution in [0.15, 0.2) is 53.3 Å². The van der Waals surface area contributed by atoms with Gasteiger partial charge in [0.2, 0.25) is 5.88 Å². The van der Waals surface area contributed by atoms with Crippen LogP contribution < -0.4 is 10.1 Å². The van der Waals surface area contributed by atoms with Gasteiger partial charge in [-0.15, -0.1) is 5.10 Å². The Morgan fingerprint density at radius 2 is 2.22 bits per heavy atom. The molecule has 0 radical (unpaired) electrons. The fourth-order valence-electron chi connectivity index (χ4n) is 2.72. The Bertz CT molecular complexity index is 866. The Kier molecular flexibility index (Phi) is 5.90. The summed E-state index contributed by atoms with van der Waals surface area (Å²) in [6, 6.07) is 10.3. The van der Waals surface area contributed by atoms with Crippen LogP contribution in [0, 0.1) is 0 Å². The molecule has 0 bridgehead atoms. The third-order valence-corrected chi connectivity index (χ3v) is 4.37. The third kappa shape index (κ3) is 4.75. The predicted octanol–water partition coefficient (Wildman–Crippen LogP) is 2.82. The van der Waals surface area contributed by atoms with E-state index in [1.807, 2.05) is 18.3 Å². The van der Waals surface area contributed by atoms with Crippen molar-refractivity contribution >= 4 is 11.6 Å². The molecule has 7 nitrogen and oxygen atoms in total. The third-order valence-electron chi connectivity index (χ3n) is 4.37. The highest BCUT2D eigenvalue weighted by molar-refractivity contribution is 6.44. The molecule has 142 valence electrons. The maximum Gasteiger partial charge on any atom is 0.273 e. The van der Waals surface area contributed by atoms with Gasteiger partial charge in [-0.2, -0.15) is 0 Å². The first-order valence-corrected chi connectivity index (χ1v) is 8.91. The lowest BCUT2D eigenvalue weighted by Crippen LogP contribution is -2.28. The van der Waals surface area contributed by atoms with Gasteiger partial charge in [0.05, 0.1) is 5.69 Å². The molecule has 27 heavy (non-hydrogen) atoms. The van der Waals surface area contributed by atoms with Gasteiger partial charge < -0.3 is 14.9 Å². The standard InChI is InChI=1S/C20H24N4O3/c1-14(19(23-26-3)20(25)21-2)10-12-27-18-9-11-24(22-18)17-6-4-5-16(13-17)15-7-8-15/h4-6,9-11,13,15H,7-8,12H2,1-3H3,(H,21,25)/b14-10+,23-19+. The highest BCUT2D eigenvalue weighted by atomic mass is 16.6. The number of hydrogen-bond acceptors (Lipinski definition) is 5. The van der Waals surface area contributed by atoms with Crippen LogP contribution in [0.3, 0.4) is 0 Å². The summed E-state index contributed by atoms with van der Waals surface area (Å²) in [6.07, 6.45) is 6.18. The number of nitrogens with one attached hydrogen (secondary N) is 1. The van der Waals surface area contributed by atoms with Crippen molar-refractivity contribution in [1.82, 2.24) is 15.1 Å². The van der Waals surface area contributed by atoms with Gasteiger partial charge in [0, 0.05) is 19.3 Å². The second-order valence-corrected chi connectivity index (χ2v) is 6.37. The molecule has 0 unspecified atom stereocenters. The van der Waals surface area contributed by atoms with Gasteiger partial charge >= 0.3 is 0 Å². The highest BCUT2D eigenvalue weighted by Crippen LogP contribution is 2.40. The Hall–Kier alpha value is -3.09. The molecule has 1 heterocycles. The smallest absolute Gasteiger partial charge is 0.273 e. The van der Waals surface area contributed by atoms with Gasteiger partial charge in [0.1, 0.15) is 13.7 Å². The minimum Gasteiger partial charge on any atom is -0.472 e. The SMILES string of the molecule is CNC(=O)C(=N/OC)/C(C)=C/COc1ccn(-c2cccc(C3CC3)c2)n1. The molecule has 1 aromatic heterocycles. The summed E-state index contributed by atoms with van der Waals surface area (Å²) in [5.41, 5.74) is 3.26. The number of benzene rings is 1. The van der Waals surface area contributed by atoms with Crippen molar-refractivity contribution in [2.75, 3.05) is 20.8 Å². The van der Waals surface area contributed by atoms with Crippen LogP contribution in [-0.4, -0.2) is 42.2 Å². The summed E-state index contributed by atoms with van der Waals surface area (Å²) in [6.45, 7) is 2.04. The second-order valence-electron chi connectivity index (χ2n) is 6.37. The molecule has 2 aromatic rings. The van der Waals surface area contributed by atoms with Crippen LogP contribution in [0.25, 0.3) is 5.69 Å². The predicted molar refractivity (Wildman–Crippen MR) is 103 cm³/mol. The number of aromatic nitrogens is 2. The van der Waals surface area contributed by atoms with Crippen LogP contribution in [0.1, 0.15) is 31.2 Å². The molecule has 1 aromatic carbocycles. The lowest BCUT2D eigenvalue weighted by Gasteiger charge is -2.06. The monoisotopic (exact) mass is 368 g/mol. The maximum absolute atomic E-state index is 11.8. The van der Waals surface area contributed by atoms with Gasteiger partial charge in [-0.1, -0.05) is 17.3 Å². The van der Waals surface area contributed by atoms with E-state index in [1.54, 1.807) is 24.7 Å². The number of carbonyl (C=O) groups is 1. The van der Waals surface area contributed by atoms with Crippen LogP contribution >= 0.6 is 0 Å². The molecular formula is C20H24N4O3. The quantitative estimate of drug-likeness (QED) is 0.574. The first kappa shape index (κ1) is 18.7. The van der Waals surface area contributed by atoms with Gasteiger partial charge in [-0.05, 0) is 55.0 Å². The summed E-state index contributed by atoms with van der Waals surface area (Å²) in [5, 5.41) is 10.7. The molecule has 1 aliphatic carbocycles. The van der Waals surface area contributed by atoms with E-state index in [0.717, 1.165) is 5.69 Å². The molecule has 0 aliphatic heterocycles. The fraction of sp³-hybridized carbons (Fsp3) is 0.350. The zero-order chi connectivity index (χ0) is 19.2. The average molecular weight is 368 g/mol. The van der Waals surface area contributed by atoms with E-state index in [2.05, 4.69) is 33.8 Å². The van der Waals surface area contributed by atoms with Crippen molar-refractivity contribution in [1.29, 1.82) is 0 Å². The molecule has 1 amide bonds. The number of ether oxygens (including phenoxy) is 1. The highest BCUT2D eigenvalue weighted by Gasteiger charge is 2.23. The van der Waals surface area contributed by atoms with Crippen LogP contribution in [0.4, 0.5) is 0 Å². The molecule has 0 spiro atoms. The summed E-state index contributed by atoms with van der Waals surface area (Å²) in [5.74, 6) is 0.902. The molecular weight excluding hydrogens is 344 g/mol. The second kappa shape index (κ2) is 8.53. The van der Waals surface area contributed by atoms with Gasteiger partial charge in [0.15, 0.2) is 5.71 Å². The molecule has 3 rings (SSSR count). The number of amides is 1. The fourth-order valence-corrected chi connectivity index (χ4v) is 2.72. The number of rotatable bonds is 8. The zero-order valence-electron chi connectivity index (χ0n) is 15.8. The van der Waals surface area contributed by atoms with E-state index in [-0.39, 0.29) is 18.2 Å². The van der Waals surface area contributed by atoms with Gasteiger partial charge in [-0.3, -0.25) is 4.79 Å². The van der Waals surface area contributed by atoms with E-state index in [1.165, 1.54) is 25.5 Å². The van der Waals surface area contributed by atoms with E-state index < -0.39 is 0 Å². The molecule has 1 aliphatic rings. The summed E-state index contributed by atoms with van der Waals surface area (Å²) in [4.78, 5) is 16.5. The van der Waals surface area contributed by atoms with Crippen LogP contribution in [0.5, 0.6) is 5.88 Å². The molecule has 1 saturated carbocycles. The Balaban J connectivity index is 1.63. The molecule has 0 atom stereocenters. The van der Waals surface area contributed by atoms with E-state index in [0.29, 0.717) is 17.4 Å². The lowest BCUT2D eigenvalue weighted by atomic mass is 10.1. The first-order chi connectivity index (χ1) is 13.1. The molecule has 1 fully saturated rings. The summed E-state index contributed by atoms with van der Waals surface area (Å²) < 4.78 is 7.48. The van der Waals surface area contributed by atoms with Crippen LogP contribution in [0.2, 0.25) is 0 Å². The first-order valence-electron chi connectivity index (χ1n) is 8.91. The topological polar surface area (TPSA) is 77.7 Å². The molecule has 7 heteroatoms. The number of oxime groups is 1. The van der Waals surface area contributed by atoms with E-state index in [9.17, 15) is 4.79 Å². The van der Waals surface area contributed by atoms with Crippen molar-refractivity contribution in [2.45, 2.75) is 25.7 Å². The average Bonchev–Trinajstić information content (AvgIpc) is 3.44. The van der Waals surface area contributed by atoms with Crippen molar-refractivity contribution in [3.63, 3.8) is 0 Å². The van der Waals surface area contributed by atoms with Gasteiger partial charge in [-0.25, -0.2) is 4.68 Å². The van der Waals surface area contributed by atoms with Crippen molar-refractivity contribution in [3.8, 4) is 11.6 Å². The normalized spacial score (nSPS) is 14.8. The maximum atomic E-state index is 11.8. The summed E-state index contributed by atoms with van der Waals surface area (Å²) >= 11 is 0. The number of carbonyl (C=O) groups excluding carboxylic acids is 1. The van der Waals surface area contributed by atoms with Crippen LogP contribution in [-0.2, 0) is 9.63 Å². The summed E-state index contributed by atoms with van der Waals surface area (Å²) in [7, 11) is 2.94. The van der Waals surface area contributed by atoms with E-state index >= 15 is 0 Å². The van der Waals surface area contributed by atoms with Crippen molar-refractivity contribution in [3.05, 3.63) is 53.7 Å². The van der Waals surface area contributed by atoms with Gasteiger partial charge in [0.25, 0.3) is 5.91 Å². The van der Waals surface area contributed by atoms with E-state index in [4.69, 9.17) is 9.57 Å². The minimum atomic E-state index is -0.314. The molecule has 1 N–H and O–H groups in total. The number of hydrogen-bond donors (Lipinski definition) is 1. The zero-order valence-corrected chi connectivity index (χ0v) is 15.8. The minimum absolute atomic E-state index is 0.214. The number of nitrogens with zero attached hydrogens (tertiary/aromatic N) is 3. The lowest BCUT2D eigenvalue weighted by molar-refractivity contribution is -0.114.